The molecule has 4 heteroatoms. The first-order valence-corrected chi connectivity index (χ1v) is 5.41. The summed E-state index contributed by atoms with van der Waals surface area (Å²) in [4.78, 5) is 10.6. The summed E-state index contributed by atoms with van der Waals surface area (Å²) in [7, 11) is 0. The summed E-state index contributed by atoms with van der Waals surface area (Å²) in [6.45, 7) is 7.79. The Morgan fingerprint density at radius 2 is 2.06 bits per heavy atom. The van der Waals surface area contributed by atoms with E-state index in [1.807, 2.05) is 6.92 Å². The zero-order valence-electron chi connectivity index (χ0n) is 9.90. The van der Waals surface area contributed by atoms with Gasteiger partial charge in [-0.3, -0.25) is 0 Å². The minimum absolute atomic E-state index is 0.262. The van der Waals surface area contributed by atoms with E-state index in [4.69, 9.17) is 9.84 Å². The number of aromatic carboxylic acids is 1. The highest BCUT2D eigenvalue weighted by Crippen LogP contribution is 2.11. The molecule has 1 rings (SSSR count). The van der Waals surface area contributed by atoms with E-state index in [9.17, 15) is 4.79 Å². The van der Waals surface area contributed by atoms with Gasteiger partial charge in [-0.2, -0.15) is 0 Å². The van der Waals surface area contributed by atoms with Crippen molar-refractivity contribution in [2.24, 2.45) is 0 Å². The third kappa shape index (κ3) is 5.17. The van der Waals surface area contributed by atoms with Crippen LogP contribution in [0.4, 0.5) is 0 Å². The van der Waals surface area contributed by atoms with Crippen molar-refractivity contribution in [3.05, 3.63) is 42.0 Å². The molecule has 4 nitrogen and oxygen atoms in total. The van der Waals surface area contributed by atoms with Gasteiger partial charge >= 0.3 is 5.97 Å². The standard InChI is InChI=1S/C13H17NO3/c1-10(2)9-14-7-8-17-12-5-3-11(4-6-12)13(15)16/h3-6,14H,1,7-9H2,2H3,(H,15,16). The Labute approximate surface area is 101 Å². The number of benzene rings is 1. The number of rotatable bonds is 7. The van der Waals surface area contributed by atoms with Crippen LogP contribution in [0.5, 0.6) is 5.75 Å². The molecule has 0 aliphatic carbocycles. The van der Waals surface area contributed by atoms with Gasteiger partial charge in [0.2, 0.25) is 0 Å². The van der Waals surface area contributed by atoms with Crippen LogP contribution in [0.3, 0.4) is 0 Å². The van der Waals surface area contributed by atoms with E-state index in [1.54, 1.807) is 12.1 Å². The van der Waals surface area contributed by atoms with Crippen molar-refractivity contribution in [1.29, 1.82) is 0 Å². The lowest BCUT2D eigenvalue weighted by atomic mass is 10.2. The Hall–Kier alpha value is -1.81. The van der Waals surface area contributed by atoms with E-state index >= 15 is 0 Å². The highest BCUT2D eigenvalue weighted by molar-refractivity contribution is 5.87. The summed E-state index contributed by atoms with van der Waals surface area (Å²) >= 11 is 0. The van der Waals surface area contributed by atoms with E-state index < -0.39 is 5.97 Å². The second-order valence-corrected chi connectivity index (χ2v) is 3.81. The Morgan fingerprint density at radius 3 is 2.59 bits per heavy atom. The SMILES string of the molecule is C=C(C)CNCCOc1ccc(C(=O)O)cc1. The average Bonchev–Trinajstić information content (AvgIpc) is 2.29. The van der Waals surface area contributed by atoms with E-state index in [0.717, 1.165) is 18.7 Å². The molecule has 0 spiro atoms. The van der Waals surface area contributed by atoms with Crippen LogP contribution < -0.4 is 10.1 Å². The lowest BCUT2D eigenvalue weighted by Gasteiger charge is -2.07. The van der Waals surface area contributed by atoms with Gasteiger partial charge in [-0.25, -0.2) is 4.79 Å². The van der Waals surface area contributed by atoms with Gasteiger partial charge in [0.15, 0.2) is 0 Å². The van der Waals surface area contributed by atoms with Gasteiger partial charge in [0.05, 0.1) is 5.56 Å². The maximum absolute atomic E-state index is 10.6. The van der Waals surface area contributed by atoms with Gasteiger partial charge in [0, 0.05) is 13.1 Å². The van der Waals surface area contributed by atoms with Crippen LogP contribution in [-0.4, -0.2) is 30.8 Å². The molecule has 1 aromatic rings. The quantitative estimate of drug-likeness (QED) is 0.560. The molecule has 0 heterocycles. The molecule has 2 N–H and O–H groups in total. The summed E-state index contributed by atoms with van der Waals surface area (Å²) in [5.74, 6) is -0.258. The Bertz CT molecular complexity index is 384. The molecular weight excluding hydrogens is 218 g/mol. The minimum Gasteiger partial charge on any atom is -0.492 e. The summed E-state index contributed by atoms with van der Waals surface area (Å²) in [5.41, 5.74) is 1.34. The fourth-order valence-electron chi connectivity index (χ4n) is 1.24. The maximum Gasteiger partial charge on any atom is 0.335 e. The maximum atomic E-state index is 10.6. The van der Waals surface area contributed by atoms with E-state index in [2.05, 4.69) is 11.9 Å². The lowest BCUT2D eigenvalue weighted by Crippen LogP contribution is -2.22. The summed E-state index contributed by atoms with van der Waals surface area (Å²) < 4.78 is 5.44. The van der Waals surface area contributed by atoms with E-state index in [-0.39, 0.29) is 5.56 Å². The zero-order chi connectivity index (χ0) is 12.7. The average molecular weight is 235 g/mol. The molecule has 0 unspecified atom stereocenters. The van der Waals surface area contributed by atoms with Crippen LogP contribution in [0.25, 0.3) is 0 Å². The molecule has 0 bridgehead atoms. The first-order valence-electron chi connectivity index (χ1n) is 5.41. The molecule has 17 heavy (non-hydrogen) atoms. The molecule has 0 aromatic heterocycles. The number of hydrogen-bond donors (Lipinski definition) is 2. The van der Waals surface area contributed by atoms with Crippen LogP contribution in [0.2, 0.25) is 0 Å². The fraction of sp³-hybridized carbons (Fsp3) is 0.308. The van der Waals surface area contributed by atoms with Crippen LogP contribution >= 0.6 is 0 Å². The molecule has 0 aliphatic rings. The third-order valence-corrected chi connectivity index (χ3v) is 2.08. The van der Waals surface area contributed by atoms with Crippen molar-refractivity contribution in [2.45, 2.75) is 6.92 Å². The number of carboxylic acid groups (broad SMARTS) is 1. The highest BCUT2D eigenvalue weighted by atomic mass is 16.5. The molecule has 0 saturated heterocycles. The molecule has 0 atom stereocenters. The monoisotopic (exact) mass is 235 g/mol. The van der Waals surface area contributed by atoms with Crippen molar-refractivity contribution in [2.75, 3.05) is 19.7 Å². The first kappa shape index (κ1) is 13.3. The normalized spacial score (nSPS) is 9.94. The van der Waals surface area contributed by atoms with Gasteiger partial charge in [-0.1, -0.05) is 12.2 Å². The molecule has 0 saturated carbocycles. The summed E-state index contributed by atoms with van der Waals surface area (Å²) in [6, 6.07) is 6.36. The molecule has 0 amide bonds. The predicted octanol–water partition coefficient (Wildman–Crippen LogP) is 1.93. The van der Waals surface area contributed by atoms with Crippen LogP contribution in [0.1, 0.15) is 17.3 Å². The number of carboxylic acids is 1. The number of hydrogen-bond acceptors (Lipinski definition) is 3. The molecule has 1 aromatic carbocycles. The number of ether oxygens (including phenoxy) is 1. The van der Waals surface area contributed by atoms with Crippen molar-refractivity contribution in [3.8, 4) is 5.75 Å². The van der Waals surface area contributed by atoms with Crippen molar-refractivity contribution >= 4 is 5.97 Å². The Morgan fingerprint density at radius 1 is 1.41 bits per heavy atom. The summed E-state index contributed by atoms with van der Waals surface area (Å²) in [5, 5.41) is 11.9. The molecule has 92 valence electrons. The lowest BCUT2D eigenvalue weighted by molar-refractivity contribution is 0.0697. The number of nitrogens with one attached hydrogen (secondary N) is 1. The van der Waals surface area contributed by atoms with E-state index in [0.29, 0.717) is 12.4 Å². The number of carbonyl (C=O) groups is 1. The first-order chi connectivity index (χ1) is 8.09. The third-order valence-electron chi connectivity index (χ3n) is 2.08. The zero-order valence-corrected chi connectivity index (χ0v) is 9.90. The van der Waals surface area contributed by atoms with Crippen molar-refractivity contribution in [3.63, 3.8) is 0 Å². The molecular formula is C13H17NO3. The van der Waals surface area contributed by atoms with E-state index in [1.165, 1.54) is 12.1 Å². The highest BCUT2D eigenvalue weighted by Gasteiger charge is 2.01. The minimum atomic E-state index is -0.931. The van der Waals surface area contributed by atoms with Gasteiger partial charge < -0.3 is 15.2 Å². The van der Waals surface area contributed by atoms with Crippen LogP contribution in [0, 0.1) is 0 Å². The largest absolute Gasteiger partial charge is 0.492 e. The fourth-order valence-corrected chi connectivity index (χ4v) is 1.24. The predicted molar refractivity (Wildman–Crippen MR) is 66.6 cm³/mol. The Balaban J connectivity index is 2.27. The molecule has 0 radical (unpaired) electrons. The van der Waals surface area contributed by atoms with Crippen molar-refractivity contribution in [1.82, 2.24) is 5.32 Å². The van der Waals surface area contributed by atoms with Gasteiger partial charge in [0.1, 0.15) is 12.4 Å². The molecule has 0 fully saturated rings. The van der Waals surface area contributed by atoms with Gasteiger partial charge in [-0.05, 0) is 31.2 Å². The smallest absolute Gasteiger partial charge is 0.335 e. The van der Waals surface area contributed by atoms with Gasteiger partial charge in [0.25, 0.3) is 0 Å². The molecule has 0 aliphatic heterocycles. The van der Waals surface area contributed by atoms with Crippen LogP contribution in [-0.2, 0) is 0 Å². The second-order valence-electron chi connectivity index (χ2n) is 3.81. The Kier molecular flexibility index (Phi) is 5.23. The van der Waals surface area contributed by atoms with Crippen molar-refractivity contribution < 1.29 is 14.6 Å². The van der Waals surface area contributed by atoms with Crippen LogP contribution in [0.15, 0.2) is 36.4 Å². The van der Waals surface area contributed by atoms with Gasteiger partial charge in [-0.15, -0.1) is 0 Å². The summed E-state index contributed by atoms with van der Waals surface area (Å²) in [6.07, 6.45) is 0. The second kappa shape index (κ2) is 6.70. The topological polar surface area (TPSA) is 58.6 Å².